The second-order valence-corrected chi connectivity index (χ2v) is 9.62. The molecule has 3 rings (SSSR count). The summed E-state index contributed by atoms with van der Waals surface area (Å²) in [7, 11) is -4.10. The van der Waals surface area contributed by atoms with Crippen LogP contribution in [0.3, 0.4) is 0 Å². The Labute approximate surface area is 188 Å². The number of thioether (sulfide) groups is 1. The maximum atomic E-state index is 13.0. The van der Waals surface area contributed by atoms with Gasteiger partial charge in [-0.2, -0.15) is 8.42 Å². The van der Waals surface area contributed by atoms with Gasteiger partial charge in [-0.25, -0.2) is 4.39 Å². The van der Waals surface area contributed by atoms with Gasteiger partial charge in [0.2, 0.25) is 11.8 Å². The summed E-state index contributed by atoms with van der Waals surface area (Å²) >= 11 is 6.68. The van der Waals surface area contributed by atoms with E-state index >= 15 is 0 Å². The van der Waals surface area contributed by atoms with Crippen LogP contribution in [0, 0.1) is 5.82 Å². The van der Waals surface area contributed by atoms with E-state index in [0.29, 0.717) is 10.7 Å². The first kappa shape index (κ1) is 23.0. The Morgan fingerprint density at radius 3 is 2.48 bits per heavy atom. The van der Waals surface area contributed by atoms with Gasteiger partial charge in [-0.15, -0.1) is 11.0 Å². The molecule has 0 spiro atoms. The summed E-state index contributed by atoms with van der Waals surface area (Å²) in [5.74, 6) is -1.37. The van der Waals surface area contributed by atoms with Crippen LogP contribution < -0.4 is 5.32 Å². The normalized spacial score (nSPS) is 17.7. The largest absolute Gasteiger partial charge is 0.326 e. The number of sulfonamides is 1. The zero-order chi connectivity index (χ0) is 22.6. The Morgan fingerprint density at radius 2 is 1.87 bits per heavy atom. The number of amidine groups is 1. The quantitative estimate of drug-likeness (QED) is 0.608. The molecule has 2 amide bonds. The molecule has 162 valence electrons. The van der Waals surface area contributed by atoms with Crippen molar-refractivity contribution in [2.75, 3.05) is 11.9 Å². The number of nitrogens with one attached hydrogen (secondary N) is 1. The van der Waals surface area contributed by atoms with Crippen LogP contribution in [0.15, 0.2) is 70.5 Å². The summed E-state index contributed by atoms with van der Waals surface area (Å²) in [5, 5.41) is 2.05. The number of anilines is 1. The molecule has 1 fully saturated rings. The van der Waals surface area contributed by atoms with Gasteiger partial charge in [0.25, 0.3) is 10.0 Å². The molecule has 1 N–H and O–H groups in total. The number of rotatable bonds is 7. The van der Waals surface area contributed by atoms with E-state index in [-0.39, 0.29) is 23.0 Å². The average Bonchev–Trinajstić information content (AvgIpc) is 2.98. The number of carbonyl (C=O) groups is 2. The number of carbonyl (C=O) groups excluding carboxylic acids is 2. The SMILES string of the molecule is C=CCN1C(=O)[C@@H](CC(=O)Nc2ccc(F)cc2)SC1=NS(=O)(=O)c1ccc(Cl)cc1. The Hall–Kier alpha value is -2.69. The molecule has 1 atom stereocenters. The third kappa shape index (κ3) is 5.72. The Balaban J connectivity index is 1.78. The molecule has 2 aromatic carbocycles. The fraction of sp³-hybridized carbons (Fsp3) is 0.150. The molecule has 1 saturated heterocycles. The molecule has 0 radical (unpaired) electrons. The number of hydrogen-bond donors (Lipinski definition) is 1. The van der Waals surface area contributed by atoms with Crippen molar-refractivity contribution in [3.63, 3.8) is 0 Å². The second kappa shape index (κ2) is 9.63. The molecule has 2 aromatic rings. The van der Waals surface area contributed by atoms with Crippen molar-refractivity contribution in [1.29, 1.82) is 0 Å². The third-order valence-electron chi connectivity index (χ3n) is 4.14. The van der Waals surface area contributed by atoms with Crippen molar-refractivity contribution in [3.8, 4) is 0 Å². The topological polar surface area (TPSA) is 95.9 Å². The van der Waals surface area contributed by atoms with E-state index in [0.717, 1.165) is 11.8 Å². The summed E-state index contributed by atoms with van der Waals surface area (Å²) in [5.41, 5.74) is 0.379. The summed E-state index contributed by atoms with van der Waals surface area (Å²) in [6, 6.07) is 10.7. The number of amides is 2. The minimum absolute atomic E-state index is 0.0386. The molecule has 0 bridgehead atoms. The van der Waals surface area contributed by atoms with Gasteiger partial charge in [0.1, 0.15) is 11.1 Å². The molecule has 0 unspecified atom stereocenters. The zero-order valence-electron chi connectivity index (χ0n) is 16.0. The van der Waals surface area contributed by atoms with Crippen LogP contribution in [0.25, 0.3) is 0 Å². The first-order valence-electron chi connectivity index (χ1n) is 8.94. The van der Waals surface area contributed by atoms with Gasteiger partial charge in [0.15, 0.2) is 5.17 Å². The van der Waals surface area contributed by atoms with E-state index in [4.69, 9.17) is 11.6 Å². The highest BCUT2D eigenvalue weighted by Gasteiger charge is 2.39. The first-order chi connectivity index (χ1) is 14.7. The van der Waals surface area contributed by atoms with E-state index < -0.39 is 32.9 Å². The average molecular weight is 482 g/mol. The van der Waals surface area contributed by atoms with Crippen molar-refractivity contribution in [2.45, 2.75) is 16.6 Å². The van der Waals surface area contributed by atoms with Gasteiger partial charge >= 0.3 is 0 Å². The fourth-order valence-corrected chi connectivity index (χ4v) is 5.17. The van der Waals surface area contributed by atoms with E-state index in [1.807, 2.05) is 0 Å². The molecule has 0 saturated carbocycles. The number of hydrogen-bond acceptors (Lipinski definition) is 5. The fourth-order valence-electron chi connectivity index (χ4n) is 2.68. The molecule has 31 heavy (non-hydrogen) atoms. The molecule has 0 aromatic heterocycles. The van der Waals surface area contributed by atoms with Gasteiger partial charge in [-0.3, -0.25) is 14.5 Å². The van der Waals surface area contributed by atoms with Gasteiger partial charge < -0.3 is 5.32 Å². The van der Waals surface area contributed by atoms with E-state index in [2.05, 4.69) is 16.3 Å². The predicted octanol–water partition coefficient (Wildman–Crippen LogP) is 3.68. The van der Waals surface area contributed by atoms with Gasteiger partial charge in [0.05, 0.1) is 4.90 Å². The van der Waals surface area contributed by atoms with E-state index in [9.17, 15) is 22.4 Å². The lowest BCUT2D eigenvalue weighted by molar-refractivity contribution is -0.127. The van der Waals surface area contributed by atoms with Gasteiger partial charge in [-0.05, 0) is 48.5 Å². The molecule has 11 heteroatoms. The first-order valence-corrected chi connectivity index (χ1v) is 11.6. The minimum atomic E-state index is -4.10. The number of halogens is 2. The highest BCUT2D eigenvalue weighted by atomic mass is 35.5. The number of benzene rings is 2. The molecular weight excluding hydrogens is 465 g/mol. The van der Waals surface area contributed by atoms with Crippen LogP contribution in [-0.4, -0.2) is 42.1 Å². The summed E-state index contributed by atoms with van der Waals surface area (Å²) in [6.07, 6.45) is 1.22. The van der Waals surface area contributed by atoms with Gasteiger partial charge in [0, 0.05) is 23.7 Å². The highest BCUT2D eigenvalue weighted by Crippen LogP contribution is 2.31. The van der Waals surface area contributed by atoms with E-state index in [1.54, 1.807) is 0 Å². The Morgan fingerprint density at radius 1 is 1.23 bits per heavy atom. The molecule has 1 heterocycles. The predicted molar refractivity (Wildman–Crippen MR) is 119 cm³/mol. The highest BCUT2D eigenvalue weighted by molar-refractivity contribution is 8.16. The van der Waals surface area contributed by atoms with Crippen molar-refractivity contribution in [1.82, 2.24) is 4.90 Å². The molecule has 1 aliphatic rings. The summed E-state index contributed by atoms with van der Waals surface area (Å²) < 4.78 is 42.1. The van der Waals surface area contributed by atoms with E-state index in [1.165, 1.54) is 59.5 Å². The molecule has 1 aliphatic heterocycles. The van der Waals surface area contributed by atoms with Crippen molar-refractivity contribution in [3.05, 3.63) is 72.0 Å². The van der Waals surface area contributed by atoms with Crippen LogP contribution >= 0.6 is 23.4 Å². The third-order valence-corrected chi connectivity index (χ3v) is 6.96. The van der Waals surface area contributed by atoms with Crippen LogP contribution in [-0.2, 0) is 19.6 Å². The second-order valence-electron chi connectivity index (χ2n) is 6.41. The molecule has 0 aliphatic carbocycles. The van der Waals surface area contributed by atoms with Crippen LogP contribution in [0.4, 0.5) is 10.1 Å². The molecule has 7 nitrogen and oxygen atoms in total. The van der Waals surface area contributed by atoms with Crippen LogP contribution in [0.1, 0.15) is 6.42 Å². The lowest BCUT2D eigenvalue weighted by Crippen LogP contribution is -2.33. The smallest absolute Gasteiger partial charge is 0.284 e. The summed E-state index contributed by atoms with van der Waals surface area (Å²) in [4.78, 5) is 26.2. The maximum Gasteiger partial charge on any atom is 0.284 e. The zero-order valence-corrected chi connectivity index (χ0v) is 18.4. The Kier molecular flexibility index (Phi) is 7.14. The number of nitrogens with zero attached hydrogens (tertiary/aromatic N) is 2. The Bertz CT molecular complexity index is 1140. The lowest BCUT2D eigenvalue weighted by atomic mass is 10.2. The van der Waals surface area contributed by atoms with Crippen LogP contribution in [0.2, 0.25) is 5.02 Å². The minimum Gasteiger partial charge on any atom is -0.326 e. The van der Waals surface area contributed by atoms with Crippen molar-refractivity contribution in [2.24, 2.45) is 4.40 Å². The van der Waals surface area contributed by atoms with Gasteiger partial charge in [-0.1, -0.05) is 29.4 Å². The van der Waals surface area contributed by atoms with Crippen LogP contribution in [0.5, 0.6) is 0 Å². The maximum absolute atomic E-state index is 13.0. The standard InChI is InChI=1S/C20H17ClFN3O4S2/c1-2-11-25-19(27)17(12-18(26)23-15-7-5-14(22)6-8-15)30-20(25)24-31(28,29)16-9-3-13(21)4-10-16/h2-10,17H,1,11-12H2,(H,23,26)/t17-/m1/s1. The molecular formula is C20H17ClFN3O4S2. The van der Waals surface area contributed by atoms with Crippen molar-refractivity contribution >= 4 is 56.1 Å². The summed E-state index contributed by atoms with van der Waals surface area (Å²) in [6.45, 7) is 3.61. The monoisotopic (exact) mass is 481 g/mol. The lowest BCUT2D eigenvalue weighted by Gasteiger charge is -2.13. The van der Waals surface area contributed by atoms with Crippen molar-refractivity contribution < 1.29 is 22.4 Å².